The van der Waals surface area contributed by atoms with Crippen LogP contribution in [0.1, 0.15) is 78.6 Å². The van der Waals surface area contributed by atoms with Crippen LogP contribution in [-0.2, 0) is 4.79 Å². The average molecular weight is 525 g/mol. The molecule has 0 saturated heterocycles. The minimum atomic E-state index is -2.02. The molecule has 1 heterocycles. The molecule has 7 heteroatoms. The zero-order valence-corrected chi connectivity index (χ0v) is 22.6. The Morgan fingerprint density at radius 1 is 0.842 bits per heavy atom. The van der Waals surface area contributed by atoms with E-state index >= 15 is 0 Å². The summed E-state index contributed by atoms with van der Waals surface area (Å²) in [6.45, 7) is 5.66. The maximum absolute atomic E-state index is 14.9. The molecule has 0 unspecified atom stereocenters. The van der Waals surface area contributed by atoms with Crippen molar-refractivity contribution in [2.45, 2.75) is 84.2 Å². The predicted octanol–water partition coefficient (Wildman–Crippen LogP) is 8.51. The number of benzene rings is 2. The van der Waals surface area contributed by atoms with Crippen LogP contribution in [0.2, 0.25) is 0 Å². The van der Waals surface area contributed by atoms with Gasteiger partial charge in [0, 0.05) is 23.5 Å². The first-order valence-electron chi connectivity index (χ1n) is 13.6. The number of halogens is 2. The van der Waals surface area contributed by atoms with Crippen molar-refractivity contribution in [3.63, 3.8) is 0 Å². The Balaban J connectivity index is 1.51. The smallest absolute Gasteiger partial charge is 0.348 e. The van der Waals surface area contributed by atoms with Crippen LogP contribution in [0.3, 0.4) is 0 Å². The summed E-state index contributed by atoms with van der Waals surface area (Å²) < 4.78 is 39.6. The van der Waals surface area contributed by atoms with E-state index in [9.17, 15) is 13.6 Å². The minimum absolute atomic E-state index is 0.154. The molecule has 204 valence electrons. The Morgan fingerprint density at radius 2 is 1.45 bits per heavy atom. The summed E-state index contributed by atoms with van der Waals surface area (Å²) in [6.07, 6.45) is 12.2. The van der Waals surface area contributed by atoms with Crippen LogP contribution in [0.5, 0.6) is 11.5 Å². The molecular weight excluding hydrogens is 486 g/mol. The number of alkyl halides is 1. The largest absolute Gasteiger partial charge is 0.491 e. The molecule has 0 fully saturated rings. The van der Waals surface area contributed by atoms with Gasteiger partial charge in [0.1, 0.15) is 5.75 Å². The van der Waals surface area contributed by atoms with Gasteiger partial charge >= 0.3 is 5.97 Å². The Bertz CT molecular complexity index is 1150. The molecule has 1 aromatic heterocycles. The Morgan fingerprint density at radius 3 is 2.05 bits per heavy atom. The van der Waals surface area contributed by atoms with Crippen molar-refractivity contribution < 1.29 is 23.0 Å². The van der Waals surface area contributed by atoms with Crippen molar-refractivity contribution in [1.29, 1.82) is 0 Å². The lowest BCUT2D eigenvalue weighted by molar-refractivity contribution is -0.147. The zero-order valence-electron chi connectivity index (χ0n) is 22.6. The first kappa shape index (κ1) is 29.2. The summed E-state index contributed by atoms with van der Waals surface area (Å²) in [6, 6.07) is 11.4. The summed E-state index contributed by atoms with van der Waals surface area (Å²) in [4.78, 5) is 21.1. The quantitative estimate of drug-likeness (QED) is 0.113. The van der Waals surface area contributed by atoms with Crippen LogP contribution < -0.4 is 9.47 Å². The molecule has 1 atom stereocenters. The third kappa shape index (κ3) is 8.61. The van der Waals surface area contributed by atoms with E-state index in [1.165, 1.54) is 38.7 Å². The number of nitrogens with zero attached hydrogens (tertiary/aromatic N) is 2. The molecule has 0 N–H and O–H groups in total. The van der Waals surface area contributed by atoms with Crippen molar-refractivity contribution in [1.82, 2.24) is 9.97 Å². The van der Waals surface area contributed by atoms with E-state index in [4.69, 9.17) is 9.47 Å². The molecule has 3 aromatic rings. The van der Waals surface area contributed by atoms with Crippen LogP contribution in [0.4, 0.5) is 8.78 Å². The number of hydrogen-bond acceptors (Lipinski definition) is 5. The average Bonchev–Trinajstić information content (AvgIpc) is 2.92. The molecule has 0 radical (unpaired) electrons. The van der Waals surface area contributed by atoms with Gasteiger partial charge in [-0.25, -0.2) is 23.5 Å². The second kappa shape index (κ2) is 14.6. The molecule has 0 saturated carbocycles. The third-order valence-electron chi connectivity index (χ3n) is 6.47. The topological polar surface area (TPSA) is 61.3 Å². The van der Waals surface area contributed by atoms with Gasteiger partial charge in [0.15, 0.2) is 17.4 Å². The predicted molar refractivity (Wildman–Crippen MR) is 146 cm³/mol. The number of unbranched alkanes of at least 4 members (excludes halogenated alkanes) is 7. The fourth-order valence-electron chi connectivity index (χ4n) is 4.16. The summed E-state index contributed by atoms with van der Waals surface area (Å²) in [5, 5.41) is 0. The Kier molecular flexibility index (Phi) is 11.2. The molecule has 0 aliphatic heterocycles. The highest BCUT2D eigenvalue weighted by Crippen LogP contribution is 2.27. The number of hydrogen-bond donors (Lipinski definition) is 0. The molecule has 0 aliphatic rings. The SMILES string of the molecule is CCCCCCCCCC[C@](C)(F)C(=O)Oc1ccc(-c2cnc(-c3ccc(OCC)c(F)c3)nc2)cc1. The summed E-state index contributed by atoms with van der Waals surface area (Å²) in [7, 11) is 0. The van der Waals surface area contributed by atoms with E-state index in [-0.39, 0.29) is 17.9 Å². The van der Waals surface area contributed by atoms with Gasteiger partial charge in [0.2, 0.25) is 5.67 Å². The molecule has 0 amide bonds. The number of aromatic nitrogens is 2. The highest BCUT2D eigenvalue weighted by atomic mass is 19.1. The van der Waals surface area contributed by atoms with Gasteiger partial charge in [-0.3, -0.25) is 0 Å². The lowest BCUT2D eigenvalue weighted by atomic mass is 9.99. The standard InChI is InChI=1S/C31H38F2N2O3/c1-4-6-7-8-9-10-11-12-19-31(3,33)30(36)38-26-16-13-23(14-17-26)25-21-34-29(35-22-25)24-15-18-28(37-5-2)27(32)20-24/h13-18,20-22H,4-12,19H2,1-3H3/t31-/m0/s1. The van der Waals surface area contributed by atoms with E-state index in [2.05, 4.69) is 16.9 Å². The molecule has 38 heavy (non-hydrogen) atoms. The highest BCUT2D eigenvalue weighted by Gasteiger charge is 2.34. The third-order valence-corrected chi connectivity index (χ3v) is 6.47. The first-order valence-corrected chi connectivity index (χ1v) is 13.6. The molecule has 0 aliphatic carbocycles. The van der Waals surface area contributed by atoms with E-state index in [0.29, 0.717) is 24.4 Å². The second-order valence-corrected chi connectivity index (χ2v) is 9.71. The van der Waals surface area contributed by atoms with Gasteiger partial charge < -0.3 is 9.47 Å². The van der Waals surface area contributed by atoms with E-state index in [1.54, 1.807) is 55.7 Å². The lowest BCUT2D eigenvalue weighted by Gasteiger charge is -2.18. The normalized spacial score (nSPS) is 12.7. The second-order valence-electron chi connectivity index (χ2n) is 9.71. The van der Waals surface area contributed by atoms with Crippen molar-refractivity contribution >= 4 is 5.97 Å². The van der Waals surface area contributed by atoms with Crippen molar-refractivity contribution in [2.24, 2.45) is 0 Å². The number of rotatable bonds is 15. The number of ether oxygens (including phenoxy) is 2. The van der Waals surface area contributed by atoms with Gasteiger partial charge in [-0.2, -0.15) is 0 Å². The molecule has 3 rings (SSSR count). The van der Waals surface area contributed by atoms with Gasteiger partial charge in [0.25, 0.3) is 0 Å². The van der Waals surface area contributed by atoms with Crippen molar-refractivity contribution in [3.05, 3.63) is 60.7 Å². The maximum Gasteiger partial charge on any atom is 0.348 e. The highest BCUT2D eigenvalue weighted by molar-refractivity contribution is 5.81. The number of carbonyl (C=O) groups excluding carboxylic acids is 1. The zero-order chi connectivity index (χ0) is 27.4. The fourth-order valence-corrected chi connectivity index (χ4v) is 4.16. The van der Waals surface area contributed by atoms with Gasteiger partial charge in [-0.1, -0.05) is 64.0 Å². The molecular formula is C31H38F2N2O3. The van der Waals surface area contributed by atoms with E-state index < -0.39 is 17.5 Å². The van der Waals surface area contributed by atoms with Gasteiger partial charge in [-0.15, -0.1) is 0 Å². The monoisotopic (exact) mass is 524 g/mol. The molecule has 5 nitrogen and oxygen atoms in total. The van der Waals surface area contributed by atoms with Gasteiger partial charge in [0.05, 0.1) is 6.61 Å². The van der Waals surface area contributed by atoms with Crippen LogP contribution in [0.15, 0.2) is 54.9 Å². The molecule has 2 aromatic carbocycles. The summed E-state index contributed by atoms with van der Waals surface area (Å²) in [5.74, 6) is -0.483. The Hall–Kier alpha value is -3.35. The van der Waals surface area contributed by atoms with Crippen molar-refractivity contribution in [3.8, 4) is 34.0 Å². The van der Waals surface area contributed by atoms with E-state index in [1.807, 2.05) is 0 Å². The Labute approximate surface area is 224 Å². The lowest BCUT2D eigenvalue weighted by Crippen LogP contribution is -2.34. The first-order chi connectivity index (χ1) is 18.3. The van der Waals surface area contributed by atoms with Gasteiger partial charge in [-0.05, 0) is 62.6 Å². The number of carbonyl (C=O) groups is 1. The van der Waals surface area contributed by atoms with Crippen LogP contribution >= 0.6 is 0 Å². The summed E-state index contributed by atoms with van der Waals surface area (Å²) >= 11 is 0. The van der Waals surface area contributed by atoms with E-state index in [0.717, 1.165) is 30.4 Å². The van der Waals surface area contributed by atoms with Crippen LogP contribution in [-0.4, -0.2) is 28.2 Å². The molecule has 0 spiro atoms. The maximum atomic E-state index is 14.9. The number of esters is 1. The minimum Gasteiger partial charge on any atom is -0.491 e. The van der Waals surface area contributed by atoms with Crippen LogP contribution in [0, 0.1) is 5.82 Å². The van der Waals surface area contributed by atoms with Crippen molar-refractivity contribution in [2.75, 3.05) is 6.61 Å². The fraction of sp³-hybridized carbons (Fsp3) is 0.452. The molecule has 0 bridgehead atoms. The summed E-state index contributed by atoms with van der Waals surface area (Å²) in [5.41, 5.74) is 0.0606. The van der Waals surface area contributed by atoms with Crippen LogP contribution in [0.25, 0.3) is 22.5 Å².